The van der Waals surface area contributed by atoms with Gasteiger partial charge in [0, 0.05) is 30.0 Å². The van der Waals surface area contributed by atoms with Crippen molar-refractivity contribution in [2.24, 2.45) is 0 Å². The predicted molar refractivity (Wildman–Crippen MR) is 109 cm³/mol. The quantitative estimate of drug-likeness (QED) is 0.670. The third-order valence-electron chi connectivity index (χ3n) is 5.05. The third-order valence-corrected chi connectivity index (χ3v) is 6.06. The van der Waals surface area contributed by atoms with Crippen LogP contribution in [0.5, 0.6) is 5.75 Å². The number of methoxy groups -OCH3 is 1. The Hall–Kier alpha value is -2.80. The number of amides is 1. The average Bonchev–Trinajstić information content (AvgIpc) is 3.24. The molecule has 1 amide bonds. The number of nitrogens with zero attached hydrogens (tertiary/aromatic N) is 4. The van der Waals surface area contributed by atoms with E-state index in [0.29, 0.717) is 24.7 Å². The van der Waals surface area contributed by atoms with Crippen molar-refractivity contribution in [2.75, 3.05) is 20.2 Å². The zero-order valence-electron chi connectivity index (χ0n) is 16.0. The number of aromatic nitrogens is 3. The number of thiazole rings is 1. The summed E-state index contributed by atoms with van der Waals surface area (Å²) < 4.78 is 5.45. The summed E-state index contributed by atoms with van der Waals surface area (Å²) in [6.07, 6.45) is 1.81. The van der Waals surface area contributed by atoms with Crippen molar-refractivity contribution in [3.05, 3.63) is 58.2 Å². The first kappa shape index (κ1) is 18.6. The second-order valence-electron chi connectivity index (χ2n) is 6.90. The van der Waals surface area contributed by atoms with E-state index in [4.69, 9.17) is 9.72 Å². The van der Waals surface area contributed by atoms with Crippen molar-refractivity contribution >= 4 is 17.2 Å². The Morgan fingerprint density at radius 1 is 1.14 bits per heavy atom. The maximum Gasteiger partial charge on any atom is 0.274 e. The Labute approximate surface area is 168 Å². The number of hydrogen-bond acceptors (Lipinski definition) is 6. The number of benzene rings is 1. The maximum atomic E-state index is 12.6. The molecule has 1 aromatic carbocycles. The van der Waals surface area contributed by atoms with Crippen molar-refractivity contribution in [1.29, 1.82) is 0 Å². The Balaban J connectivity index is 1.42. The van der Waals surface area contributed by atoms with Crippen molar-refractivity contribution in [3.8, 4) is 17.0 Å². The maximum absolute atomic E-state index is 12.6. The Bertz CT molecular complexity index is 963. The summed E-state index contributed by atoms with van der Waals surface area (Å²) in [7, 11) is 1.68. The van der Waals surface area contributed by atoms with Crippen LogP contribution in [0.4, 0.5) is 0 Å². The first-order valence-corrected chi connectivity index (χ1v) is 10.2. The molecular weight excluding hydrogens is 372 g/mol. The van der Waals surface area contributed by atoms with Gasteiger partial charge in [-0.1, -0.05) is 12.1 Å². The summed E-state index contributed by atoms with van der Waals surface area (Å²) in [5.41, 5.74) is 3.19. The zero-order valence-corrected chi connectivity index (χ0v) is 16.8. The van der Waals surface area contributed by atoms with E-state index in [-0.39, 0.29) is 5.91 Å². The fourth-order valence-corrected chi connectivity index (χ4v) is 4.45. The summed E-state index contributed by atoms with van der Waals surface area (Å²) in [6, 6.07) is 11.5. The van der Waals surface area contributed by atoms with Crippen LogP contribution in [0.1, 0.15) is 39.9 Å². The van der Waals surface area contributed by atoms with Crippen LogP contribution in [0, 0.1) is 6.92 Å². The van der Waals surface area contributed by atoms with E-state index in [1.54, 1.807) is 24.5 Å². The minimum absolute atomic E-state index is 0.0419. The van der Waals surface area contributed by atoms with E-state index >= 15 is 0 Å². The van der Waals surface area contributed by atoms with Gasteiger partial charge in [0.2, 0.25) is 0 Å². The van der Waals surface area contributed by atoms with Gasteiger partial charge >= 0.3 is 0 Å². The monoisotopic (exact) mass is 394 g/mol. The standard InChI is InChI=1S/C21H22N4O2S/c1-14-7-8-17(24-23-14)21(26)25-11-9-15(10-12-25)20-22-18(13-28-20)16-5-3-4-6-19(16)27-2/h3-8,13,15H,9-12H2,1-2H3. The Morgan fingerprint density at radius 2 is 1.93 bits per heavy atom. The second kappa shape index (κ2) is 8.06. The van der Waals surface area contributed by atoms with E-state index in [0.717, 1.165) is 40.6 Å². The summed E-state index contributed by atoms with van der Waals surface area (Å²) >= 11 is 1.69. The number of rotatable bonds is 4. The van der Waals surface area contributed by atoms with Crippen LogP contribution in [-0.4, -0.2) is 46.2 Å². The number of carbonyl (C=O) groups is 1. The minimum atomic E-state index is -0.0419. The Morgan fingerprint density at radius 3 is 2.64 bits per heavy atom. The Kier molecular flexibility index (Phi) is 5.34. The molecule has 0 spiro atoms. The lowest BCUT2D eigenvalue weighted by molar-refractivity contribution is 0.0705. The van der Waals surface area contributed by atoms with Gasteiger partial charge in [-0.25, -0.2) is 4.98 Å². The number of para-hydroxylation sites is 1. The van der Waals surface area contributed by atoms with Crippen LogP contribution in [0.25, 0.3) is 11.3 Å². The van der Waals surface area contributed by atoms with Gasteiger partial charge in [-0.05, 0) is 44.0 Å². The van der Waals surface area contributed by atoms with E-state index < -0.39 is 0 Å². The molecule has 3 heterocycles. The van der Waals surface area contributed by atoms with E-state index in [1.165, 1.54) is 0 Å². The molecule has 0 aliphatic carbocycles. The zero-order chi connectivity index (χ0) is 19.5. The molecule has 6 nitrogen and oxygen atoms in total. The first-order valence-electron chi connectivity index (χ1n) is 9.34. The third kappa shape index (κ3) is 3.75. The lowest BCUT2D eigenvalue weighted by Gasteiger charge is -2.30. The summed E-state index contributed by atoms with van der Waals surface area (Å²) in [4.78, 5) is 19.3. The number of hydrogen-bond donors (Lipinski definition) is 0. The number of piperidine rings is 1. The summed E-state index contributed by atoms with van der Waals surface area (Å²) in [5, 5.41) is 11.2. The molecule has 28 heavy (non-hydrogen) atoms. The van der Waals surface area contributed by atoms with E-state index in [1.807, 2.05) is 42.2 Å². The van der Waals surface area contributed by atoms with E-state index in [9.17, 15) is 4.79 Å². The molecule has 0 radical (unpaired) electrons. The number of likely N-dealkylation sites (tertiary alicyclic amines) is 1. The lowest BCUT2D eigenvalue weighted by atomic mass is 9.97. The molecule has 1 aliphatic rings. The molecule has 1 fully saturated rings. The molecule has 4 rings (SSSR count). The highest BCUT2D eigenvalue weighted by Crippen LogP contribution is 2.35. The largest absolute Gasteiger partial charge is 0.496 e. The number of aryl methyl sites for hydroxylation is 1. The fourth-order valence-electron chi connectivity index (χ4n) is 3.46. The highest BCUT2D eigenvalue weighted by atomic mass is 32.1. The highest BCUT2D eigenvalue weighted by molar-refractivity contribution is 7.10. The van der Waals surface area contributed by atoms with Gasteiger partial charge < -0.3 is 9.64 Å². The van der Waals surface area contributed by atoms with E-state index in [2.05, 4.69) is 15.6 Å². The molecular formula is C21H22N4O2S. The van der Waals surface area contributed by atoms with Crippen molar-refractivity contribution in [3.63, 3.8) is 0 Å². The van der Waals surface area contributed by atoms with Crippen molar-refractivity contribution in [1.82, 2.24) is 20.1 Å². The van der Waals surface area contributed by atoms with Crippen LogP contribution >= 0.6 is 11.3 Å². The molecule has 0 saturated carbocycles. The van der Waals surface area contributed by atoms with Crippen LogP contribution in [0.15, 0.2) is 41.8 Å². The molecule has 0 N–H and O–H groups in total. The average molecular weight is 395 g/mol. The summed E-state index contributed by atoms with van der Waals surface area (Å²) in [5.74, 6) is 1.17. The van der Waals surface area contributed by atoms with Crippen LogP contribution < -0.4 is 4.74 Å². The van der Waals surface area contributed by atoms with Crippen LogP contribution in [0.3, 0.4) is 0 Å². The van der Waals surface area contributed by atoms with Gasteiger partial charge in [-0.2, -0.15) is 5.10 Å². The second-order valence-corrected chi connectivity index (χ2v) is 7.79. The van der Waals surface area contributed by atoms with Gasteiger partial charge in [0.15, 0.2) is 5.69 Å². The lowest BCUT2D eigenvalue weighted by Crippen LogP contribution is -2.38. The molecule has 3 aromatic rings. The van der Waals surface area contributed by atoms with Gasteiger partial charge in [0.05, 0.1) is 23.5 Å². The smallest absolute Gasteiger partial charge is 0.274 e. The van der Waals surface area contributed by atoms with Crippen molar-refractivity contribution < 1.29 is 9.53 Å². The van der Waals surface area contributed by atoms with Gasteiger partial charge in [-0.15, -0.1) is 16.4 Å². The number of carbonyl (C=O) groups excluding carboxylic acids is 1. The molecule has 1 saturated heterocycles. The molecule has 0 unspecified atom stereocenters. The molecule has 1 aliphatic heterocycles. The van der Waals surface area contributed by atoms with Crippen molar-refractivity contribution in [2.45, 2.75) is 25.7 Å². The first-order chi connectivity index (χ1) is 13.7. The van der Waals surface area contributed by atoms with Gasteiger partial charge in [0.25, 0.3) is 5.91 Å². The topological polar surface area (TPSA) is 68.2 Å². The predicted octanol–water partition coefficient (Wildman–Crippen LogP) is 3.94. The normalized spacial score (nSPS) is 14.9. The van der Waals surface area contributed by atoms with Crippen LogP contribution in [-0.2, 0) is 0 Å². The van der Waals surface area contributed by atoms with Gasteiger partial charge in [0.1, 0.15) is 5.75 Å². The minimum Gasteiger partial charge on any atom is -0.496 e. The van der Waals surface area contributed by atoms with Crippen LogP contribution in [0.2, 0.25) is 0 Å². The highest BCUT2D eigenvalue weighted by Gasteiger charge is 2.27. The SMILES string of the molecule is COc1ccccc1-c1csc(C2CCN(C(=O)c3ccc(C)nn3)CC2)n1. The molecule has 0 bridgehead atoms. The molecule has 144 valence electrons. The van der Waals surface area contributed by atoms with Gasteiger partial charge in [-0.3, -0.25) is 4.79 Å². The molecule has 2 aromatic heterocycles. The summed E-state index contributed by atoms with van der Waals surface area (Å²) in [6.45, 7) is 3.28. The number of ether oxygens (including phenoxy) is 1. The fraction of sp³-hybridized carbons (Fsp3) is 0.333. The molecule has 0 atom stereocenters. The molecule has 7 heteroatoms.